The highest BCUT2D eigenvalue weighted by Crippen LogP contribution is 2.34. The maximum atomic E-state index is 12.6. The zero-order valence-electron chi connectivity index (χ0n) is 14.4. The fraction of sp³-hybridized carbons (Fsp3) is 0.211. The summed E-state index contributed by atoms with van der Waals surface area (Å²) < 4.78 is 21.3. The van der Waals surface area contributed by atoms with Crippen molar-refractivity contribution in [3.05, 3.63) is 47.7 Å². The first-order valence-corrected chi connectivity index (χ1v) is 8.09. The maximum Gasteiger partial charge on any atom is 0.253 e. The molecule has 0 radical (unpaired) electrons. The molecule has 2 aromatic carbocycles. The van der Waals surface area contributed by atoms with E-state index in [0.717, 1.165) is 22.2 Å². The first-order valence-electron chi connectivity index (χ1n) is 8.09. The Labute approximate surface area is 149 Å². The van der Waals surface area contributed by atoms with Gasteiger partial charge in [-0.25, -0.2) is 0 Å². The van der Waals surface area contributed by atoms with Crippen molar-refractivity contribution in [2.45, 2.75) is 6.54 Å². The molecule has 7 heteroatoms. The number of aromatic amines is 1. The number of carbonyl (C=O) groups excluding carboxylic acids is 1. The summed E-state index contributed by atoms with van der Waals surface area (Å²) in [4.78, 5) is 15.7. The van der Waals surface area contributed by atoms with E-state index in [4.69, 9.17) is 18.9 Å². The largest absolute Gasteiger partial charge is 0.493 e. The van der Waals surface area contributed by atoms with E-state index < -0.39 is 0 Å². The third kappa shape index (κ3) is 2.77. The zero-order valence-corrected chi connectivity index (χ0v) is 14.4. The summed E-state index contributed by atoms with van der Waals surface area (Å²) in [5, 5.41) is 3.69. The topological polar surface area (TPSA) is 81.8 Å². The minimum atomic E-state index is -0.180. The van der Waals surface area contributed by atoms with E-state index in [-0.39, 0.29) is 12.7 Å². The van der Waals surface area contributed by atoms with Gasteiger partial charge in [0.15, 0.2) is 23.0 Å². The summed E-state index contributed by atoms with van der Waals surface area (Å²) in [5.74, 6) is 2.41. The molecule has 0 fully saturated rings. The van der Waals surface area contributed by atoms with Crippen molar-refractivity contribution in [1.29, 1.82) is 0 Å². The standard InChI is InChI=1S/C19H18N2O5/c1-23-16-6-12-13(9-20-14(12)7-17(16)24-2)19(22)21-8-11-3-4-15-18(5-11)26-10-25-15/h3-7,9,20H,8,10H2,1-2H3,(H,21,22). The van der Waals surface area contributed by atoms with Crippen LogP contribution in [0.1, 0.15) is 15.9 Å². The smallest absolute Gasteiger partial charge is 0.253 e. The molecule has 0 spiro atoms. The number of carbonyl (C=O) groups is 1. The van der Waals surface area contributed by atoms with Gasteiger partial charge in [0.1, 0.15) is 0 Å². The molecule has 7 nitrogen and oxygen atoms in total. The van der Waals surface area contributed by atoms with Crippen LogP contribution in [0.2, 0.25) is 0 Å². The molecule has 0 saturated carbocycles. The van der Waals surface area contributed by atoms with Gasteiger partial charge in [0.25, 0.3) is 5.91 Å². The molecular formula is C19H18N2O5. The van der Waals surface area contributed by atoms with E-state index in [1.54, 1.807) is 26.5 Å². The number of H-pyrrole nitrogens is 1. The molecule has 1 amide bonds. The SMILES string of the molecule is COc1cc2[nH]cc(C(=O)NCc3ccc4c(c3)OCO4)c2cc1OC. The van der Waals surface area contributed by atoms with Crippen molar-refractivity contribution >= 4 is 16.8 Å². The number of methoxy groups -OCH3 is 2. The highest BCUT2D eigenvalue weighted by Gasteiger charge is 2.17. The quantitative estimate of drug-likeness (QED) is 0.736. The van der Waals surface area contributed by atoms with Gasteiger partial charge in [0, 0.05) is 24.2 Å². The summed E-state index contributed by atoms with van der Waals surface area (Å²) in [5.41, 5.74) is 2.28. The number of ether oxygens (including phenoxy) is 4. The lowest BCUT2D eigenvalue weighted by atomic mass is 10.1. The number of nitrogens with one attached hydrogen (secondary N) is 2. The van der Waals surface area contributed by atoms with Gasteiger partial charge in [-0.3, -0.25) is 4.79 Å². The van der Waals surface area contributed by atoms with Crippen LogP contribution in [0.15, 0.2) is 36.5 Å². The summed E-state index contributed by atoms with van der Waals surface area (Å²) in [6, 6.07) is 9.21. The molecule has 1 aliphatic heterocycles. The van der Waals surface area contributed by atoms with Crippen molar-refractivity contribution in [2.75, 3.05) is 21.0 Å². The molecule has 2 N–H and O–H groups in total. The monoisotopic (exact) mass is 354 g/mol. The van der Waals surface area contributed by atoms with Crippen molar-refractivity contribution in [3.8, 4) is 23.0 Å². The van der Waals surface area contributed by atoms with Crippen molar-refractivity contribution in [1.82, 2.24) is 10.3 Å². The van der Waals surface area contributed by atoms with Crippen LogP contribution >= 0.6 is 0 Å². The van der Waals surface area contributed by atoms with E-state index >= 15 is 0 Å². The van der Waals surface area contributed by atoms with Crippen LogP contribution in [-0.2, 0) is 6.54 Å². The molecule has 0 unspecified atom stereocenters. The minimum absolute atomic E-state index is 0.180. The first kappa shape index (κ1) is 16.1. The first-order chi connectivity index (χ1) is 12.7. The van der Waals surface area contributed by atoms with Gasteiger partial charge in [0.05, 0.1) is 25.3 Å². The summed E-state index contributed by atoms with van der Waals surface area (Å²) in [6.07, 6.45) is 1.68. The predicted octanol–water partition coefficient (Wildman–Crippen LogP) is 2.84. The second-order valence-electron chi connectivity index (χ2n) is 5.83. The molecule has 26 heavy (non-hydrogen) atoms. The molecule has 2 heterocycles. The average molecular weight is 354 g/mol. The van der Waals surface area contributed by atoms with Crippen molar-refractivity contribution in [3.63, 3.8) is 0 Å². The Kier molecular flexibility index (Phi) is 4.04. The van der Waals surface area contributed by atoms with Crippen molar-refractivity contribution < 1.29 is 23.7 Å². The lowest BCUT2D eigenvalue weighted by Crippen LogP contribution is -2.22. The Balaban J connectivity index is 1.54. The molecule has 134 valence electrons. The molecule has 4 rings (SSSR count). The Morgan fingerprint density at radius 2 is 1.88 bits per heavy atom. The number of amides is 1. The highest BCUT2D eigenvalue weighted by molar-refractivity contribution is 6.07. The molecule has 1 aliphatic rings. The number of aromatic nitrogens is 1. The van der Waals surface area contributed by atoms with Crippen LogP contribution in [0.5, 0.6) is 23.0 Å². The fourth-order valence-electron chi connectivity index (χ4n) is 2.97. The van der Waals surface area contributed by atoms with Crippen LogP contribution in [0.4, 0.5) is 0 Å². The van der Waals surface area contributed by atoms with E-state index in [1.165, 1.54) is 0 Å². The van der Waals surface area contributed by atoms with E-state index in [0.29, 0.717) is 29.4 Å². The number of hydrogen-bond donors (Lipinski definition) is 2. The van der Waals surface area contributed by atoms with Crippen molar-refractivity contribution in [2.24, 2.45) is 0 Å². The van der Waals surface area contributed by atoms with E-state index in [9.17, 15) is 4.79 Å². The van der Waals surface area contributed by atoms with Gasteiger partial charge in [-0.05, 0) is 23.8 Å². The Bertz CT molecular complexity index is 979. The molecule has 1 aromatic heterocycles. The Morgan fingerprint density at radius 3 is 2.69 bits per heavy atom. The van der Waals surface area contributed by atoms with Gasteiger partial charge >= 0.3 is 0 Å². The maximum absolute atomic E-state index is 12.6. The molecule has 0 atom stereocenters. The van der Waals surface area contributed by atoms with Gasteiger partial charge in [0.2, 0.25) is 6.79 Å². The van der Waals surface area contributed by atoms with Crippen LogP contribution in [0, 0.1) is 0 Å². The number of fused-ring (bicyclic) bond motifs is 2. The Morgan fingerprint density at radius 1 is 1.12 bits per heavy atom. The highest BCUT2D eigenvalue weighted by atomic mass is 16.7. The average Bonchev–Trinajstić information content (AvgIpc) is 3.30. The van der Waals surface area contributed by atoms with Gasteiger partial charge in [-0.15, -0.1) is 0 Å². The third-order valence-corrected chi connectivity index (χ3v) is 4.32. The molecule has 0 bridgehead atoms. The lowest BCUT2D eigenvalue weighted by Gasteiger charge is -2.08. The third-order valence-electron chi connectivity index (χ3n) is 4.32. The van der Waals surface area contributed by atoms with Gasteiger partial charge in [-0.1, -0.05) is 6.07 Å². The lowest BCUT2D eigenvalue weighted by molar-refractivity contribution is 0.0952. The fourth-order valence-corrected chi connectivity index (χ4v) is 2.97. The van der Waals surface area contributed by atoms with Crippen LogP contribution < -0.4 is 24.3 Å². The Hall–Kier alpha value is -3.35. The van der Waals surface area contributed by atoms with Gasteiger partial charge in [-0.2, -0.15) is 0 Å². The molecule has 0 aliphatic carbocycles. The number of hydrogen-bond acceptors (Lipinski definition) is 5. The van der Waals surface area contributed by atoms with Crippen LogP contribution in [-0.4, -0.2) is 31.9 Å². The number of benzene rings is 2. The summed E-state index contributed by atoms with van der Waals surface area (Å²) in [6.45, 7) is 0.612. The number of rotatable bonds is 5. The second kappa shape index (κ2) is 6.51. The summed E-state index contributed by atoms with van der Waals surface area (Å²) in [7, 11) is 3.14. The van der Waals surface area contributed by atoms with Crippen LogP contribution in [0.3, 0.4) is 0 Å². The second-order valence-corrected chi connectivity index (χ2v) is 5.83. The minimum Gasteiger partial charge on any atom is -0.493 e. The summed E-state index contributed by atoms with van der Waals surface area (Å²) >= 11 is 0. The predicted molar refractivity (Wildman–Crippen MR) is 95.1 cm³/mol. The normalized spacial score (nSPS) is 12.2. The molecular weight excluding hydrogens is 336 g/mol. The van der Waals surface area contributed by atoms with E-state index in [2.05, 4.69) is 10.3 Å². The van der Waals surface area contributed by atoms with E-state index in [1.807, 2.05) is 24.3 Å². The zero-order chi connectivity index (χ0) is 18.1. The molecule has 3 aromatic rings. The van der Waals surface area contributed by atoms with Gasteiger partial charge < -0.3 is 29.2 Å². The van der Waals surface area contributed by atoms with Crippen LogP contribution in [0.25, 0.3) is 10.9 Å². The molecule has 0 saturated heterocycles.